The average Bonchev–Trinajstić information content (AvgIpc) is 2.65. The Labute approximate surface area is 92.3 Å². The van der Waals surface area contributed by atoms with Gasteiger partial charge in [0.2, 0.25) is 0 Å². The van der Waals surface area contributed by atoms with Crippen molar-refractivity contribution in [3.8, 4) is 0 Å². The van der Waals surface area contributed by atoms with E-state index >= 15 is 0 Å². The SMILES string of the molecule is CC(C)c1ccnc(N2CC[C@@H](C)C2)c1. The van der Waals surface area contributed by atoms with Crippen LogP contribution in [-0.2, 0) is 0 Å². The molecule has 0 N–H and O–H groups in total. The van der Waals surface area contributed by atoms with Crippen molar-refractivity contribution in [2.45, 2.75) is 33.1 Å². The molecule has 1 aliphatic rings. The van der Waals surface area contributed by atoms with Crippen LogP contribution in [0.2, 0.25) is 0 Å². The summed E-state index contributed by atoms with van der Waals surface area (Å²) >= 11 is 0. The maximum absolute atomic E-state index is 4.46. The number of pyridine rings is 1. The second-order valence-corrected chi connectivity index (χ2v) is 4.94. The van der Waals surface area contributed by atoms with Gasteiger partial charge in [0.05, 0.1) is 0 Å². The first-order valence-electron chi connectivity index (χ1n) is 5.87. The summed E-state index contributed by atoms with van der Waals surface area (Å²) in [5.41, 5.74) is 1.39. The highest BCUT2D eigenvalue weighted by Crippen LogP contribution is 2.24. The standard InChI is InChI=1S/C13H20N2/c1-10(2)12-4-6-14-13(8-12)15-7-5-11(3)9-15/h4,6,8,10-11H,5,7,9H2,1-3H3/t11-/m1/s1. The molecule has 1 aromatic rings. The maximum Gasteiger partial charge on any atom is 0.128 e. The molecule has 2 nitrogen and oxygen atoms in total. The lowest BCUT2D eigenvalue weighted by atomic mass is 10.1. The van der Waals surface area contributed by atoms with E-state index in [1.54, 1.807) is 0 Å². The van der Waals surface area contributed by atoms with Crippen LogP contribution in [0.3, 0.4) is 0 Å². The van der Waals surface area contributed by atoms with Crippen molar-refractivity contribution in [2.24, 2.45) is 5.92 Å². The van der Waals surface area contributed by atoms with Crippen molar-refractivity contribution in [3.63, 3.8) is 0 Å². The van der Waals surface area contributed by atoms with E-state index in [0.29, 0.717) is 5.92 Å². The Hall–Kier alpha value is -1.05. The molecular formula is C13H20N2. The van der Waals surface area contributed by atoms with Gasteiger partial charge < -0.3 is 4.90 Å². The molecule has 1 saturated heterocycles. The minimum Gasteiger partial charge on any atom is -0.356 e. The molecule has 0 aliphatic carbocycles. The molecule has 2 heterocycles. The predicted octanol–water partition coefficient (Wildman–Crippen LogP) is 3.05. The quantitative estimate of drug-likeness (QED) is 0.736. The Kier molecular flexibility index (Phi) is 2.94. The summed E-state index contributed by atoms with van der Waals surface area (Å²) in [6.45, 7) is 9.09. The number of rotatable bonds is 2. The minimum absolute atomic E-state index is 0.590. The van der Waals surface area contributed by atoms with Crippen LogP contribution in [0, 0.1) is 5.92 Å². The van der Waals surface area contributed by atoms with Crippen LogP contribution in [0.25, 0.3) is 0 Å². The molecule has 0 bridgehead atoms. The predicted molar refractivity (Wildman–Crippen MR) is 64.3 cm³/mol. The van der Waals surface area contributed by atoms with Gasteiger partial charge in [0.15, 0.2) is 0 Å². The van der Waals surface area contributed by atoms with Crippen molar-refractivity contribution in [2.75, 3.05) is 18.0 Å². The Morgan fingerprint density at radius 2 is 2.27 bits per heavy atom. The Morgan fingerprint density at radius 1 is 1.47 bits per heavy atom. The molecule has 2 rings (SSSR count). The third-order valence-electron chi connectivity index (χ3n) is 3.18. The highest BCUT2D eigenvalue weighted by atomic mass is 15.2. The zero-order valence-electron chi connectivity index (χ0n) is 9.90. The summed E-state index contributed by atoms with van der Waals surface area (Å²) in [4.78, 5) is 6.86. The fraction of sp³-hybridized carbons (Fsp3) is 0.615. The van der Waals surface area contributed by atoms with E-state index in [2.05, 4.69) is 42.8 Å². The molecule has 15 heavy (non-hydrogen) atoms. The van der Waals surface area contributed by atoms with E-state index in [1.165, 1.54) is 12.0 Å². The molecule has 0 unspecified atom stereocenters. The molecule has 0 radical (unpaired) electrons. The first-order valence-corrected chi connectivity index (χ1v) is 5.87. The Morgan fingerprint density at radius 3 is 2.87 bits per heavy atom. The van der Waals surface area contributed by atoms with E-state index in [-0.39, 0.29) is 0 Å². The summed E-state index contributed by atoms with van der Waals surface area (Å²) in [6, 6.07) is 4.36. The van der Waals surface area contributed by atoms with Gasteiger partial charge in [-0.1, -0.05) is 20.8 Å². The van der Waals surface area contributed by atoms with E-state index in [4.69, 9.17) is 0 Å². The molecular weight excluding hydrogens is 184 g/mol. The van der Waals surface area contributed by atoms with E-state index < -0.39 is 0 Å². The third kappa shape index (κ3) is 2.31. The second-order valence-electron chi connectivity index (χ2n) is 4.94. The van der Waals surface area contributed by atoms with Gasteiger partial charge in [0.25, 0.3) is 0 Å². The van der Waals surface area contributed by atoms with Gasteiger partial charge in [0.1, 0.15) is 5.82 Å². The van der Waals surface area contributed by atoms with Crippen LogP contribution < -0.4 is 4.90 Å². The highest BCUT2D eigenvalue weighted by molar-refractivity contribution is 5.42. The number of hydrogen-bond donors (Lipinski definition) is 0. The van der Waals surface area contributed by atoms with Crippen molar-refractivity contribution in [3.05, 3.63) is 23.9 Å². The molecule has 0 amide bonds. The number of aromatic nitrogens is 1. The van der Waals surface area contributed by atoms with Crippen LogP contribution in [0.4, 0.5) is 5.82 Å². The van der Waals surface area contributed by atoms with Crippen molar-refractivity contribution < 1.29 is 0 Å². The first kappa shape index (κ1) is 10.5. The van der Waals surface area contributed by atoms with Crippen LogP contribution >= 0.6 is 0 Å². The summed E-state index contributed by atoms with van der Waals surface area (Å²) in [5.74, 6) is 2.56. The van der Waals surface area contributed by atoms with Crippen molar-refractivity contribution in [1.82, 2.24) is 4.98 Å². The lowest BCUT2D eigenvalue weighted by Crippen LogP contribution is -2.20. The molecule has 1 atom stereocenters. The first-order chi connectivity index (χ1) is 7.16. The zero-order chi connectivity index (χ0) is 10.8. The largest absolute Gasteiger partial charge is 0.356 e. The van der Waals surface area contributed by atoms with E-state index in [1.807, 2.05) is 6.20 Å². The van der Waals surface area contributed by atoms with Gasteiger partial charge in [-0.3, -0.25) is 0 Å². The smallest absolute Gasteiger partial charge is 0.128 e. The molecule has 82 valence electrons. The van der Waals surface area contributed by atoms with Gasteiger partial charge in [-0.15, -0.1) is 0 Å². The number of hydrogen-bond acceptors (Lipinski definition) is 2. The highest BCUT2D eigenvalue weighted by Gasteiger charge is 2.19. The van der Waals surface area contributed by atoms with Crippen LogP contribution in [0.5, 0.6) is 0 Å². The summed E-state index contributed by atoms with van der Waals surface area (Å²) in [6.07, 6.45) is 3.24. The van der Waals surface area contributed by atoms with Gasteiger partial charge in [-0.2, -0.15) is 0 Å². The van der Waals surface area contributed by atoms with Gasteiger partial charge >= 0.3 is 0 Å². The van der Waals surface area contributed by atoms with E-state index in [0.717, 1.165) is 24.8 Å². The zero-order valence-corrected chi connectivity index (χ0v) is 9.90. The minimum atomic E-state index is 0.590. The van der Waals surface area contributed by atoms with Crippen LogP contribution in [-0.4, -0.2) is 18.1 Å². The second kappa shape index (κ2) is 4.21. The monoisotopic (exact) mass is 204 g/mol. The number of anilines is 1. The fourth-order valence-electron chi connectivity index (χ4n) is 2.11. The van der Waals surface area contributed by atoms with Gasteiger partial charge in [-0.25, -0.2) is 4.98 Å². The van der Waals surface area contributed by atoms with E-state index in [9.17, 15) is 0 Å². The van der Waals surface area contributed by atoms with Crippen molar-refractivity contribution >= 4 is 5.82 Å². The Bertz CT molecular complexity index is 333. The Balaban J connectivity index is 2.18. The third-order valence-corrected chi connectivity index (χ3v) is 3.18. The molecule has 0 saturated carbocycles. The fourth-order valence-corrected chi connectivity index (χ4v) is 2.11. The van der Waals surface area contributed by atoms with Gasteiger partial charge in [-0.05, 0) is 36.0 Å². The summed E-state index contributed by atoms with van der Waals surface area (Å²) in [7, 11) is 0. The summed E-state index contributed by atoms with van der Waals surface area (Å²) in [5, 5.41) is 0. The van der Waals surface area contributed by atoms with Crippen LogP contribution in [0.15, 0.2) is 18.3 Å². The molecule has 0 spiro atoms. The topological polar surface area (TPSA) is 16.1 Å². The lowest BCUT2D eigenvalue weighted by molar-refractivity contribution is 0.659. The maximum atomic E-state index is 4.46. The lowest BCUT2D eigenvalue weighted by Gasteiger charge is -2.18. The molecule has 2 heteroatoms. The molecule has 1 aromatic heterocycles. The normalized spacial score (nSPS) is 21.3. The average molecular weight is 204 g/mol. The summed E-state index contributed by atoms with van der Waals surface area (Å²) < 4.78 is 0. The van der Waals surface area contributed by atoms with Crippen molar-refractivity contribution in [1.29, 1.82) is 0 Å². The van der Waals surface area contributed by atoms with Gasteiger partial charge in [0, 0.05) is 19.3 Å². The van der Waals surface area contributed by atoms with Crippen LogP contribution in [0.1, 0.15) is 38.7 Å². The number of nitrogens with zero attached hydrogens (tertiary/aromatic N) is 2. The molecule has 1 fully saturated rings. The molecule has 1 aliphatic heterocycles. The molecule has 0 aromatic carbocycles.